The molecule has 1 aliphatic carbocycles. The minimum Gasteiger partial charge on any atom is -0.369 e. The molecule has 0 bridgehead atoms. The van der Waals surface area contributed by atoms with Gasteiger partial charge < -0.3 is 26.2 Å². The largest absolute Gasteiger partial charge is 0.369 e. The van der Waals surface area contributed by atoms with Crippen molar-refractivity contribution < 1.29 is 14.0 Å². The highest BCUT2D eigenvalue weighted by molar-refractivity contribution is 5.78. The summed E-state index contributed by atoms with van der Waals surface area (Å²) in [5.41, 5.74) is 7.30. The minimum atomic E-state index is -0.578. The second kappa shape index (κ2) is 9.37. The number of nitrogens with two attached hydrogens (primary N) is 1. The van der Waals surface area contributed by atoms with Crippen molar-refractivity contribution >= 4 is 35.0 Å². The van der Waals surface area contributed by atoms with E-state index in [9.17, 15) is 14.0 Å². The molecule has 1 aliphatic heterocycles. The summed E-state index contributed by atoms with van der Waals surface area (Å²) in [5, 5.41) is 6.12. The van der Waals surface area contributed by atoms with Crippen LogP contribution in [0.2, 0.25) is 0 Å². The number of halogens is 1. The van der Waals surface area contributed by atoms with Gasteiger partial charge in [-0.05, 0) is 37.1 Å². The number of piperazine rings is 1. The summed E-state index contributed by atoms with van der Waals surface area (Å²) >= 11 is 0. The summed E-state index contributed by atoms with van der Waals surface area (Å²) in [6.45, 7) is 4.60. The van der Waals surface area contributed by atoms with Gasteiger partial charge in [0.15, 0.2) is 11.6 Å². The van der Waals surface area contributed by atoms with E-state index in [-0.39, 0.29) is 35.5 Å². The molecule has 2 heterocycles. The molecule has 4 rings (SSSR count). The molecule has 2 amide bonds. The van der Waals surface area contributed by atoms with Crippen molar-refractivity contribution in [1.82, 2.24) is 14.9 Å². The number of nitrogens with one attached hydrogen (secondary N) is 2. The number of rotatable bonds is 6. The fraction of sp³-hybridized carbons (Fsp3) is 0.455. The molecule has 10 heteroatoms. The van der Waals surface area contributed by atoms with Crippen LogP contribution in [0.25, 0.3) is 0 Å². The number of hydrogen-bond acceptors (Lipinski definition) is 7. The average Bonchev–Trinajstić information content (AvgIpc) is 3.25. The van der Waals surface area contributed by atoms with Gasteiger partial charge in [-0.15, -0.1) is 0 Å². The predicted molar refractivity (Wildman–Crippen MR) is 120 cm³/mol. The molecule has 0 radical (unpaired) electrons. The van der Waals surface area contributed by atoms with Gasteiger partial charge in [0.05, 0.1) is 12.1 Å². The van der Waals surface area contributed by atoms with Crippen LogP contribution in [0.15, 0.2) is 30.5 Å². The monoisotopic (exact) mass is 441 g/mol. The van der Waals surface area contributed by atoms with Gasteiger partial charge in [-0.3, -0.25) is 9.59 Å². The first-order valence-electron chi connectivity index (χ1n) is 10.9. The number of amides is 2. The van der Waals surface area contributed by atoms with Gasteiger partial charge in [-0.25, -0.2) is 9.37 Å². The quantitative estimate of drug-likeness (QED) is 0.628. The molecule has 2 unspecified atom stereocenters. The number of carbonyl (C=O) groups excluding carboxylic acids is 2. The average molecular weight is 442 g/mol. The molecular formula is C22H28FN7O2. The summed E-state index contributed by atoms with van der Waals surface area (Å²) in [6, 6.07) is 7.57. The van der Waals surface area contributed by atoms with Crippen molar-refractivity contribution in [1.29, 1.82) is 0 Å². The second-order valence-electron chi connectivity index (χ2n) is 8.25. The summed E-state index contributed by atoms with van der Waals surface area (Å²) in [7, 11) is 0. The fourth-order valence-electron chi connectivity index (χ4n) is 4.34. The molecule has 4 N–H and O–H groups in total. The van der Waals surface area contributed by atoms with E-state index >= 15 is 0 Å². The molecule has 2 fully saturated rings. The van der Waals surface area contributed by atoms with E-state index in [2.05, 4.69) is 25.5 Å². The fourth-order valence-corrected chi connectivity index (χ4v) is 4.34. The standard InChI is InChI=1S/C22H28FN7O2/c1-14(31)29-9-11-30(12-10-29)16-7-5-15(6-8-16)26-22-25-13-18(23)21(28-22)27-19-4-2-3-17(19)20(24)32/h5-8,13,17,19H,2-4,9-12H2,1H3,(H2,24,32)(H2,25,26,27,28). The number of benzene rings is 1. The van der Waals surface area contributed by atoms with Crippen molar-refractivity contribution in [3.63, 3.8) is 0 Å². The van der Waals surface area contributed by atoms with E-state index in [1.54, 1.807) is 6.92 Å². The zero-order valence-corrected chi connectivity index (χ0v) is 18.1. The Hall–Kier alpha value is -3.43. The third kappa shape index (κ3) is 4.90. The second-order valence-corrected chi connectivity index (χ2v) is 8.25. The molecule has 0 spiro atoms. The van der Waals surface area contributed by atoms with Crippen molar-refractivity contribution in [2.24, 2.45) is 11.7 Å². The Balaban J connectivity index is 1.39. The van der Waals surface area contributed by atoms with Crippen LogP contribution in [0.5, 0.6) is 0 Å². The molecule has 1 saturated carbocycles. The van der Waals surface area contributed by atoms with Crippen molar-refractivity contribution in [3.05, 3.63) is 36.3 Å². The van der Waals surface area contributed by atoms with Crippen LogP contribution in [-0.4, -0.2) is 58.9 Å². The number of hydrogen-bond donors (Lipinski definition) is 3. The highest BCUT2D eigenvalue weighted by Gasteiger charge is 2.32. The van der Waals surface area contributed by atoms with Crippen LogP contribution >= 0.6 is 0 Å². The highest BCUT2D eigenvalue weighted by atomic mass is 19.1. The molecule has 170 valence electrons. The third-order valence-electron chi connectivity index (χ3n) is 6.16. The molecule has 2 aromatic rings. The Morgan fingerprint density at radius 3 is 2.50 bits per heavy atom. The van der Waals surface area contributed by atoms with E-state index in [0.717, 1.165) is 43.5 Å². The Bertz CT molecular complexity index is 977. The predicted octanol–water partition coefficient (Wildman–Crippen LogP) is 2.09. The van der Waals surface area contributed by atoms with Crippen molar-refractivity contribution in [2.45, 2.75) is 32.2 Å². The van der Waals surface area contributed by atoms with Crippen LogP contribution in [0.3, 0.4) is 0 Å². The minimum absolute atomic E-state index is 0.0561. The van der Waals surface area contributed by atoms with Gasteiger partial charge in [-0.1, -0.05) is 6.42 Å². The maximum absolute atomic E-state index is 14.3. The molecule has 1 aromatic heterocycles. The van der Waals surface area contributed by atoms with E-state index in [0.29, 0.717) is 19.5 Å². The van der Waals surface area contributed by atoms with Crippen LogP contribution in [-0.2, 0) is 9.59 Å². The number of primary amides is 1. The maximum atomic E-state index is 14.3. The van der Waals surface area contributed by atoms with Gasteiger partial charge in [0.25, 0.3) is 0 Å². The summed E-state index contributed by atoms with van der Waals surface area (Å²) in [6.07, 6.45) is 3.40. The SMILES string of the molecule is CC(=O)N1CCN(c2ccc(Nc3ncc(F)c(NC4CCCC4C(N)=O)n3)cc2)CC1. The van der Waals surface area contributed by atoms with E-state index < -0.39 is 5.82 Å². The van der Waals surface area contributed by atoms with E-state index in [1.165, 1.54) is 0 Å². The summed E-state index contributed by atoms with van der Waals surface area (Å²) < 4.78 is 14.3. The normalized spacial score (nSPS) is 20.8. The lowest BCUT2D eigenvalue weighted by molar-refractivity contribution is -0.129. The van der Waals surface area contributed by atoms with Crippen molar-refractivity contribution in [2.75, 3.05) is 41.7 Å². The first-order valence-corrected chi connectivity index (χ1v) is 10.9. The topological polar surface area (TPSA) is 116 Å². The van der Waals surface area contributed by atoms with Crippen LogP contribution in [0.1, 0.15) is 26.2 Å². The lowest BCUT2D eigenvalue weighted by Crippen LogP contribution is -2.48. The van der Waals surface area contributed by atoms with Gasteiger partial charge >= 0.3 is 0 Å². The van der Waals surface area contributed by atoms with Gasteiger partial charge in [0, 0.05) is 50.5 Å². The zero-order valence-electron chi connectivity index (χ0n) is 18.1. The van der Waals surface area contributed by atoms with E-state index in [4.69, 9.17) is 5.73 Å². The number of anilines is 4. The zero-order chi connectivity index (χ0) is 22.7. The van der Waals surface area contributed by atoms with Gasteiger partial charge in [-0.2, -0.15) is 4.98 Å². The summed E-state index contributed by atoms with van der Waals surface area (Å²) in [5.74, 6) is -0.867. The van der Waals surface area contributed by atoms with Gasteiger partial charge in [0.2, 0.25) is 17.8 Å². The number of nitrogens with zero attached hydrogens (tertiary/aromatic N) is 4. The molecule has 2 atom stereocenters. The van der Waals surface area contributed by atoms with Crippen LogP contribution in [0.4, 0.5) is 27.5 Å². The molecule has 9 nitrogen and oxygen atoms in total. The highest BCUT2D eigenvalue weighted by Crippen LogP contribution is 2.29. The lowest BCUT2D eigenvalue weighted by Gasteiger charge is -2.35. The van der Waals surface area contributed by atoms with Crippen LogP contribution in [0, 0.1) is 11.7 Å². The Labute approximate surface area is 186 Å². The first-order chi connectivity index (χ1) is 15.4. The van der Waals surface area contributed by atoms with Gasteiger partial charge in [0.1, 0.15) is 0 Å². The maximum Gasteiger partial charge on any atom is 0.229 e. The Morgan fingerprint density at radius 2 is 1.84 bits per heavy atom. The van der Waals surface area contributed by atoms with Crippen LogP contribution < -0.4 is 21.3 Å². The lowest BCUT2D eigenvalue weighted by atomic mass is 10.0. The van der Waals surface area contributed by atoms with Crippen molar-refractivity contribution in [3.8, 4) is 0 Å². The molecule has 1 saturated heterocycles. The number of aromatic nitrogens is 2. The summed E-state index contributed by atoms with van der Waals surface area (Å²) in [4.78, 5) is 35.4. The number of carbonyl (C=O) groups is 2. The third-order valence-corrected chi connectivity index (χ3v) is 6.16. The molecule has 1 aromatic carbocycles. The first kappa shape index (κ1) is 21.8. The Morgan fingerprint density at radius 1 is 1.12 bits per heavy atom. The van der Waals surface area contributed by atoms with E-state index in [1.807, 2.05) is 29.2 Å². The molecule has 2 aliphatic rings. The Kier molecular flexibility index (Phi) is 6.38. The molecular weight excluding hydrogens is 413 g/mol. The molecule has 32 heavy (non-hydrogen) atoms. The smallest absolute Gasteiger partial charge is 0.229 e.